The van der Waals surface area contributed by atoms with Gasteiger partial charge in [0, 0.05) is 0 Å². The van der Waals surface area contributed by atoms with Gasteiger partial charge in [-0.2, -0.15) is 0 Å². The van der Waals surface area contributed by atoms with Gasteiger partial charge in [0.05, 0.1) is 9.52 Å². The minimum absolute atomic E-state index is 0.855. The van der Waals surface area contributed by atoms with Gasteiger partial charge in [-0.05, 0) is 56.6 Å². The normalized spacial score (nSPS) is 11.4. The molecule has 20 heavy (non-hydrogen) atoms. The maximum Gasteiger partial charge on any atom is 0.0773 e. The van der Waals surface area contributed by atoms with Crippen molar-refractivity contribution in [2.24, 2.45) is 0 Å². The molecule has 0 bridgehead atoms. The Morgan fingerprint density at radius 1 is 0.550 bits per heavy atom. The first-order valence-corrected chi connectivity index (χ1v) is 8.37. The molecule has 0 nitrogen and oxygen atoms in total. The Bertz CT molecular complexity index is 938. The molecular weight excluding hydrogens is 256 g/mol. The van der Waals surface area contributed by atoms with Gasteiger partial charge < -0.3 is 0 Å². The summed E-state index contributed by atoms with van der Waals surface area (Å²) >= 11 is 0. The van der Waals surface area contributed by atoms with Crippen LogP contribution in [0.2, 0.25) is 6.55 Å². The molecule has 0 amide bonds. The van der Waals surface area contributed by atoms with E-state index in [0.717, 1.165) is 9.52 Å². The van der Waals surface area contributed by atoms with Crippen molar-refractivity contribution in [3.8, 4) is 0 Å². The summed E-state index contributed by atoms with van der Waals surface area (Å²) in [6.45, 7) is 2.23. The smallest absolute Gasteiger partial charge is 0.0688 e. The number of hydrogen-bond acceptors (Lipinski definition) is 0. The maximum atomic E-state index is 2.32. The van der Waals surface area contributed by atoms with E-state index in [2.05, 4.69) is 73.3 Å². The Morgan fingerprint density at radius 3 is 1.65 bits per heavy atom. The number of benzene rings is 4. The average molecular weight is 270 g/mol. The Kier molecular flexibility index (Phi) is 2.61. The van der Waals surface area contributed by atoms with Gasteiger partial charge >= 0.3 is 0 Å². The van der Waals surface area contributed by atoms with Crippen molar-refractivity contribution in [2.75, 3.05) is 0 Å². The van der Waals surface area contributed by atoms with Gasteiger partial charge in [-0.3, -0.25) is 0 Å². The van der Waals surface area contributed by atoms with Crippen molar-refractivity contribution >= 4 is 47.0 Å². The van der Waals surface area contributed by atoms with Crippen molar-refractivity contribution in [3.05, 3.63) is 66.7 Å². The van der Waals surface area contributed by atoms with Gasteiger partial charge in [-0.25, -0.2) is 0 Å². The van der Waals surface area contributed by atoms with Crippen LogP contribution >= 0.6 is 0 Å². The van der Waals surface area contributed by atoms with E-state index in [9.17, 15) is 0 Å². The highest BCUT2D eigenvalue weighted by atomic mass is 28.2. The first-order chi connectivity index (χ1) is 9.83. The highest BCUT2D eigenvalue weighted by molar-refractivity contribution is 6.52. The third-order valence-corrected chi connectivity index (χ3v) is 4.84. The van der Waals surface area contributed by atoms with Crippen molar-refractivity contribution in [1.29, 1.82) is 0 Å². The van der Waals surface area contributed by atoms with Crippen LogP contribution in [0, 0.1) is 0 Å². The molecule has 0 unspecified atom stereocenters. The molecule has 4 rings (SSSR count). The summed E-state index contributed by atoms with van der Waals surface area (Å²) in [5.41, 5.74) is 0. The minimum Gasteiger partial charge on any atom is -0.0688 e. The van der Waals surface area contributed by atoms with E-state index < -0.39 is 0 Å². The lowest BCUT2D eigenvalue weighted by molar-refractivity contribution is 1.79. The molecule has 94 valence electrons. The molecule has 1 heteroatoms. The van der Waals surface area contributed by atoms with Crippen LogP contribution in [0.1, 0.15) is 0 Å². The zero-order chi connectivity index (χ0) is 13.5. The van der Waals surface area contributed by atoms with Gasteiger partial charge in [0.2, 0.25) is 0 Å². The third-order valence-electron chi connectivity index (χ3n) is 3.95. The Morgan fingerprint density at radius 2 is 1.05 bits per heavy atom. The number of fused-ring (bicyclic) bond motifs is 3. The fourth-order valence-corrected chi connectivity index (χ4v) is 3.40. The molecule has 0 aliphatic heterocycles. The molecule has 0 aliphatic carbocycles. The van der Waals surface area contributed by atoms with Crippen molar-refractivity contribution < 1.29 is 0 Å². The van der Waals surface area contributed by atoms with E-state index in [1.165, 1.54) is 37.5 Å². The quantitative estimate of drug-likeness (QED) is 0.352. The van der Waals surface area contributed by atoms with Crippen LogP contribution in [0.5, 0.6) is 0 Å². The van der Waals surface area contributed by atoms with Crippen LogP contribution in [-0.2, 0) is 0 Å². The van der Waals surface area contributed by atoms with Gasteiger partial charge in [0.1, 0.15) is 0 Å². The first kappa shape index (κ1) is 11.7. The van der Waals surface area contributed by atoms with Crippen LogP contribution in [0.15, 0.2) is 66.7 Å². The van der Waals surface area contributed by atoms with Crippen LogP contribution < -0.4 is 5.19 Å². The van der Waals surface area contributed by atoms with Crippen LogP contribution in [0.3, 0.4) is 0 Å². The van der Waals surface area contributed by atoms with Gasteiger partial charge in [-0.1, -0.05) is 54.2 Å². The van der Waals surface area contributed by atoms with E-state index in [0.29, 0.717) is 0 Å². The Labute approximate surface area is 120 Å². The van der Waals surface area contributed by atoms with E-state index in [-0.39, 0.29) is 0 Å². The summed E-state index contributed by atoms with van der Waals surface area (Å²) in [6.07, 6.45) is 0. The second-order valence-corrected chi connectivity index (χ2v) is 6.29. The minimum atomic E-state index is 0.855. The topological polar surface area (TPSA) is 0 Å². The summed E-state index contributed by atoms with van der Waals surface area (Å²) in [6, 6.07) is 24.6. The largest absolute Gasteiger partial charge is 0.0773 e. The molecule has 4 aromatic carbocycles. The SMILES string of the molecule is C[Si]c1ccc2cc3cc4ccccc4cc3cc2c1. The molecule has 0 heterocycles. The second kappa shape index (κ2) is 4.46. The molecule has 0 atom stereocenters. The van der Waals surface area contributed by atoms with Crippen molar-refractivity contribution in [1.82, 2.24) is 0 Å². The Balaban J connectivity index is 2.09. The first-order valence-electron chi connectivity index (χ1n) is 6.87. The third kappa shape index (κ3) is 1.83. The van der Waals surface area contributed by atoms with Gasteiger partial charge in [0.15, 0.2) is 0 Å². The van der Waals surface area contributed by atoms with E-state index in [1.807, 2.05) is 0 Å². The van der Waals surface area contributed by atoms with E-state index >= 15 is 0 Å². The zero-order valence-corrected chi connectivity index (χ0v) is 12.4. The molecule has 0 spiro atoms. The Hall–Kier alpha value is -2.12. The van der Waals surface area contributed by atoms with Crippen LogP contribution in [0.4, 0.5) is 0 Å². The fourth-order valence-electron chi connectivity index (χ4n) is 2.85. The summed E-state index contributed by atoms with van der Waals surface area (Å²) in [4.78, 5) is 0. The molecule has 2 radical (unpaired) electrons. The molecule has 0 N–H and O–H groups in total. The highest BCUT2D eigenvalue weighted by Crippen LogP contribution is 2.26. The van der Waals surface area contributed by atoms with Gasteiger partial charge in [0.25, 0.3) is 0 Å². The molecule has 0 saturated heterocycles. The number of hydrogen-bond donors (Lipinski definition) is 0. The fraction of sp³-hybridized carbons (Fsp3) is 0.0526. The highest BCUT2D eigenvalue weighted by Gasteiger charge is 2.01. The van der Waals surface area contributed by atoms with Gasteiger partial charge in [-0.15, -0.1) is 0 Å². The molecule has 4 aromatic rings. The molecule has 0 aromatic heterocycles. The van der Waals surface area contributed by atoms with Crippen LogP contribution in [-0.4, -0.2) is 9.52 Å². The average Bonchev–Trinajstić information content (AvgIpc) is 2.50. The molecule has 0 aliphatic rings. The lowest BCUT2D eigenvalue weighted by Gasteiger charge is -2.06. The lowest BCUT2D eigenvalue weighted by Crippen LogP contribution is -2.08. The zero-order valence-electron chi connectivity index (χ0n) is 11.4. The molecule has 0 fully saturated rings. The van der Waals surface area contributed by atoms with E-state index in [1.54, 1.807) is 0 Å². The van der Waals surface area contributed by atoms with Crippen molar-refractivity contribution in [2.45, 2.75) is 6.55 Å². The predicted octanol–water partition coefficient (Wildman–Crippen LogP) is 4.52. The molecular formula is C19H14Si. The summed E-state index contributed by atoms with van der Waals surface area (Å²) < 4.78 is 0. The lowest BCUT2D eigenvalue weighted by atomic mass is 10.00. The standard InChI is InChI=1S/C19H14Si/c1-20-19-7-6-15-10-16-8-13-4-2-3-5-14(13)9-17(16)11-18(15)12-19/h2-12H,1H3. The van der Waals surface area contributed by atoms with Crippen molar-refractivity contribution in [3.63, 3.8) is 0 Å². The molecule has 0 saturated carbocycles. The predicted molar refractivity (Wildman–Crippen MR) is 90.2 cm³/mol. The maximum absolute atomic E-state index is 2.32. The summed E-state index contributed by atoms with van der Waals surface area (Å²) in [5.74, 6) is 0. The monoisotopic (exact) mass is 270 g/mol. The van der Waals surface area contributed by atoms with E-state index in [4.69, 9.17) is 0 Å². The van der Waals surface area contributed by atoms with Crippen LogP contribution in [0.25, 0.3) is 32.3 Å². The summed E-state index contributed by atoms with van der Waals surface area (Å²) in [7, 11) is 0.855. The second-order valence-electron chi connectivity index (χ2n) is 5.21. The number of rotatable bonds is 1. The summed E-state index contributed by atoms with van der Waals surface area (Å²) in [5, 5.41) is 9.38.